The molecule has 5 rings (SSSR count). The van der Waals surface area contributed by atoms with Crippen molar-refractivity contribution in [2.45, 2.75) is 26.2 Å². The van der Waals surface area contributed by atoms with Gasteiger partial charge in [-0.05, 0) is 36.8 Å². The molecule has 7 nitrogen and oxygen atoms in total. The molecule has 3 aromatic rings. The molecule has 0 bridgehead atoms. The Hall–Kier alpha value is -2.90. The average Bonchev–Trinajstić information content (AvgIpc) is 3.23. The Bertz CT molecular complexity index is 1070. The molecule has 8 heteroatoms. The van der Waals surface area contributed by atoms with Gasteiger partial charge in [0.1, 0.15) is 6.10 Å². The van der Waals surface area contributed by atoms with Crippen molar-refractivity contribution in [2.24, 2.45) is 0 Å². The third-order valence-corrected chi connectivity index (χ3v) is 6.26. The van der Waals surface area contributed by atoms with Crippen LogP contribution in [0.15, 0.2) is 48.5 Å². The molecule has 1 amide bonds. The lowest BCUT2D eigenvalue weighted by atomic mass is 10.1. The van der Waals surface area contributed by atoms with Crippen LogP contribution in [0.2, 0.25) is 5.02 Å². The maximum absolute atomic E-state index is 13.1. The fourth-order valence-electron chi connectivity index (χ4n) is 4.13. The van der Waals surface area contributed by atoms with Gasteiger partial charge in [-0.15, -0.1) is 5.10 Å². The number of nitrogens with zero attached hydrogens (tertiary/aromatic N) is 5. The first-order chi connectivity index (χ1) is 15.1. The molecular weight excluding hydrogens is 414 g/mol. The number of rotatable bonds is 3. The van der Waals surface area contributed by atoms with Crippen molar-refractivity contribution in [1.82, 2.24) is 19.9 Å². The Morgan fingerprint density at radius 2 is 1.74 bits per heavy atom. The Labute approximate surface area is 186 Å². The summed E-state index contributed by atoms with van der Waals surface area (Å²) < 4.78 is 7.82. The molecule has 0 N–H and O–H groups in total. The third-order valence-electron chi connectivity index (χ3n) is 6.01. The van der Waals surface area contributed by atoms with Crippen LogP contribution in [0.1, 0.15) is 33.4 Å². The van der Waals surface area contributed by atoms with Gasteiger partial charge in [0, 0.05) is 36.9 Å². The number of aryl methyl sites for hydroxylation is 1. The first kappa shape index (κ1) is 20.0. The Balaban J connectivity index is 1.24. The van der Waals surface area contributed by atoms with Crippen molar-refractivity contribution in [3.63, 3.8) is 0 Å². The van der Waals surface area contributed by atoms with Crippen molar-refractivity contribution < 1.29 is 9.53 Å². The zero-order valence-electron chi connectivity index (χ0n) is 17.4. The molecular formula is C23H24ClN5O2. The highest BCUT2D eigenvalue weighted by molar-refractivity contribution is 6.30. The number of ether oxygens (including phenoxy) is 1. The number of benzene rings is 2. The minimum absolute atomic E-state index is 0.0710. The van der Waals surface area contributed by atoms with Crippen LogP contribution in [-0.4, -0.2) is 52.0 Å². The van der Waals surface area contributed by atoms with E-state index in [9.17, 15) is 4.79 Å². The highest BCUT2D eigenvalue weighted by atomic mass is 35.5. The Kier molecular flexibility index (Phi) is 5.38. The third kappa shape index (κ3) is 4.03. The molecule has 0 spiro atoms. The molecule has 31 heavy (non-hydrogen) atoms. The van der Waals surface area contributed by atoms with Gasteiger partial charge in [-0.3, -0.25) is 4.79 Å². The highest BCUT2D eigenvalue weighted by Gasteiger charge is 2.31. The number of hydrogen-bond donors (Lipinski definition) is 0. The van der Waals surface area contributed by atoms with Gasteiger partial charge in [0.2, 0.25) is 0 Å². The summed E-state index contributed by atoms with van der Waals surface area (Å²) in [5, 5.41) is 9.14. The predicted molar refractivity (Wildman–Crippen MR) is 118 cm³/mol. The highest BCUT2D eigenvalue weighted by Crippen LogP contribution is 2.28. The second kappa shape index (κ2) is 8.32. The molecule has 1 aromatic heterocycles. The molecule has 1 fully saturated rings. The minimum Gasteiger partial charge on any atom is -0.368 e. The van der Waals surface area contributed by atoms with E-state index in [1.54, 1.807) is 4.68 Å². The molecule has 2 aliphatic rings. The standard InChI is InChI=1S/C23H24ClN5O2/c1-16-2-8-19(9-3-16)27-10-12-28(13-11-27)23(30)22-20-15-31-21(14-29(20)26-25-22)17-4-6-18(24)7-5-17/h2-9,21H,10-15H2,1H3/t21-/m0/s1. The molecule has 2 aliphatic heterocycles. The van der Waals surface area contributed by atoms with Gasteiger partial charge in [-0.1, -0.05) is 46.6 Å². The second-order valence-corrected chi connectivity index (χ2v) is 8.47. The molecule has 160 valence electrons. The van der Waals surface area contributed by atoms with Crippen molar-refractivity contribution in [3.8, 4) is 0 Å². The van der Waals surface area contributed by atoms with E-state index < -0.39 is 0 Å². The first-order valence-corrected chi connectivity index (χ1v) is 10.9. The summed E-state index contributed by atoms with van der Waals surface area (Å²) in [6.45, 7) is 5.84. The monoisotopic (exact) mass is 437 g/mol. The summed E-state index contributed by atoms with van der Waals surface area (Å²) in [6, 6.07) is 16.1. The number of anilines is 1. The number of aromatic nitrogens is 3. The van der Waals surface area contributed by atoms with Crippen LogP contribution < -0.4 is 4.90 Å². The second-order valence-electron chi connectivity index (χ2n) is 8.03. The van der Waals surface area contributed by atoms with E-state index in [2.05, 4.69) is 46.4 Å². The lowest BCUT2D eigenvalue weighted by Gasteiger charge is -2.36. The lowest BCUT2D eigenvalue weighted by Crippen LogP contribution is -2.49. The number of carbonyl (C=O) groups excluding carboxylic acids is 1. The summed E-state index contributed by atoms with van der Waals surface area (Å²) in [5.74, 6) is -0.0710. The van der Waals surface area contributed by atoms with Gasteiger partial charge in [0.05, 0.1) is 18.8 Å². The number of fused-ring (bicyclic) bond motifs is 1. The van der Waals surface area contributed by atoms with Crippen molar-refractivity contribution in [3.05, 3.63) is 76.1 Å². The smallest absolute Gasteiger partial charge is 0.276 e. The molecule has 0 unspecified atom stereocenters. The fourth-order valence-corrected chi connectivity index (χ4v) is 4.26. The predicted octanol–water partition coefficient (Wildman–Crippen LogP) is 3.47. The first-order valence-electron chi connectivity index (χ1n) is 10.5. The van der Waals surface area contributed by atoms with Crippen LogP contribution in [0.5, 0.6) is 0 Å². The maximum Gasteiger partial charge on any atom is 0.276 e. The zero-order valence-corrected chi connectivity index (χ0v) is 18.1. The quantitative estimate of drug-likeness (QED) is 0.627. The van der Waals surface area contributed by atoms with E-state index in [1.165, 1.54) is 11.3 Å². The van der Waals surface area contributed by atoms with E-state index in [0.29, 0.717) is 37.0 Å². The SMILES string of the molecule is Cc1ccc(N2CCN(C(=O)c3nnn4c3CO[C@H](c3ccc(Cl)cc3)C4)CC2)cc1. The van der Waals surface area contributed by atoms with Crippen LogP contribution in [0, 0.1) is 6.92 Å². The van der Waals surface area contributed by atoms with Gasteiger partial charge < -0.3 is 14.5 Å². The lowest BCUT2D eigenvalue weighted by molar-refractivity contribution is -0.00196. The summed E-state index contributed by atoms with van der Waals surface area (Å²) in [7, 11) is 0. The number of hydrogen-bond acceptors (Lipinski definition) is 5. The topological polar surface area (TPSA) is 63.5 Å². The van der Waals surface area contributed by atoms with Crippen LogP contribution in [0.3, 0.4) is 0 Å². The maximum atomic E-state index is 13.1. The molecule has 1 saturated heterocycles. The van der Waals surface area contributed by atoms with Crippen molar-refractivity contribution >= 4 is 23.2 Å². The largest absolute Gasteiger partial charge is 0.368 e. The molecule has 0 saturated carbocycles. The van der Waals surface area contributed by atoms with Gasteiger partial charge in [0.15, 0.2) is 5.69 Å². The summed E-state index contributed by atoms with van der Waals surface area (Å²) in [4.78, 5) is 17.3. The summed E-state index contributed by atoms with van der Waals surface area (Å²) in [5.41, 5.74) is 4.62. The number of halogens is 1. The Morgan fingerprint density at radius 1 is 1.03 bits per heavy atom. The molecule has 1 atom stereocenters. The van der Waals surface area contributed by atoms with Crippen LogP contribution in [0.4, 0.5) is 5.69 Å². The average molecular weight is 438 g/mol. The van der Waals surface area contributed by atoms with Gasteiger partial charge >= 0.3 is 0 Å². The van der Waals surface area contributed by atoms with E-state index >= 15 is 0 Å². The van der Waals surface area contributed by atoms with Gasteiger partial charge in [-0.2, -0.15) is 0 Å². The molecule has 3 heterocycles. The fraction of sp³-hybridized carbons (Fsp3) is 0.348. The Morgan fingerprint density at radius 3 is 2.45 bits per heavy atom. The molecule has 0 aliphatic carbocycles. The number of carbonyl (C=O) groups is 1. The molecule has 2 aromatic carbocycles. The van der Waals surface area contributed by atoms with Crippen LogP contribution >= 0.6 is 11.6 Å². The van der Waals surface area contributed by atoms with Crippen LogP contribution in [0.25, 0.3) is 0 Å². The number of piperazine rings is 1. The number of amides is 1. The van der Waals surface area contributed by atoms with E-state index in [4.69, 9.17) is 16.3 Å². The van der Waals surface area contributed by atoms with E-state index in [1.807, 2.05) is 29.2 Å². The summed E-state index contributed by atoms with van der Waals surface area (Å²) >= 11 is 5.98. The summed E-state index contributed by atoms with van der Waals surface area (Å²) in [6.07, 6.45) is -0.132. The van der Waals surface area contributed by atoms with Crippen molar-refractivity contribution in [2.75, 3.05) is 31.1 Å². The van der Waals surface area contributed by atoms with Crippen LogP contribution in [-0.2, 0) is 17.9 Å². The van der Waals surface area contributed by atoms with Crippen molar-refractivity contribution in [1.29, 1.82) is 0 Å². The minimum atomic E-state index is -0.132. The zero-order chi connectivity index (χ0) is 21.4. The van der Waals surface area contributed by atoms with E-state index in [-0.39, 0.29) is 12.0 Å². The normalized spacial score (nSPS) is 18.7. The van der Waals surface area contributed by atoms with Gasteiger partial charge in [-0.25, -0.2) is 4.68 Å². The van der Waals surface area contributed by atoms with E-state index in [0.717, 1.165) is 24.3 Å². The van der Waals surface area contributed by atoms with Gasteiger partial charge in [0.25, 0.3) is 5.91 Å². The molecule has 0 radical (unpaired) electrons.